The minimum Gasteiger partial charge on any atom is -0.369 e. The molecule has 28 heavy (non-hydrogen) atoms. The third-order valence-electron chi connectivity index (χ3n) is 5.15. The van der Waals surface area contributed by atoms with E-state index in [1.165, 1.54) is 5.56 Å². The average molecular weight is 373 g/mol. The van der Waals surface area contributed by atoms with Crippen LogP contribution in [0.25, 0.3) is 0 Å². The van der Waals surface area contributed by atoms with Gasteiger partial charge in [0.2, 0.25) is 0 Å². The lowest BCUT2D eigenvalue weighted by atomic mass is 10.0. The maximum absolute atomic E-state index is 12.7. The van der Waals surface area contributed by atoms with E-state index in [1.54, 1.807) is 30.9 Å². The van der Waals surface area contributed by atoms with Gasteiger partial charge in [0.25, 0.3) is 5.91 Å². The Kier molecular flexibility index (Phi) is 5.28. The number of carbonyl (C=O) groups excluding carboxylic acids is 1. The molecule has 0 spiro atoms. The number of pyridine rings is 1. The van der Waals surface area contributed by atoms with Gasteiger partial charge in [0.1, 0.15) is 12.1 Å². The molecule has 0 bridgehead atoms. The van der Waals surface area contributed by atoms with Crippen molar-refractivity contribution in [2.24, 2.45) is 0 Å². The van der Waals surface area contributed by atoms with E-state index in [2.05, 4.69) is 51.5 Å². The molecule has 0 unspecified atom stereocenters. The molecule has 1 N–H and O–H groups in total. The van der Waals surface area contributed by atoms with Gasteiger partial charge in [-0.2, -0.15) is 0 Å². The van der Waals surface area contributed by atoms with Gasteiger partial charge in [0.05, 0.1) is 17.8 Å². The van der Waals surface area contributed by atoms with Gasteiger partial charge in [0, 0.05) is 31.0 Å². The first-order valence-corrected chi connectivity index (χ1v) is 9.53. The molecular formula is C22H23N5O. The maximum Gasteiger partial charge on any atom is 0.255 e. The highest BCUT2D eigenvalue weighted by molar-refractivity contribution is 5.94. The summed E-state index contributed by atoms with van der Waals surface area (Å²) in [5.74, 6) is 1.24. The summed E-state index contributed by atoms with van der Waals surface area (Å²) >= 11 is 0. The molecule has 1 atom stereocenters. The second-order valence-corrected chi connectivity index (χ2v) is 7.06. The van der Waals surface area contributed by atoms with E-state index >= 15 is 0 Å². The molecular weight excluding hydrogens is 350 g/mol. The van der Waals surface area contributed by atoms with E-state index in [4.69, 9.17) is 0 Å². The zero-order chi connectivity index (χ0) is 19.3. The summed E-state index contributed by atoms with van der Waals surface area (Å²) in [5.41, 5.74) is 3.92. The number of amides is 1. The lowest BCUT2D eigenvalue weighted by Crippen LogP contribution is -2.37. The normalized spacial score (nSPS) is 14.2. The van der Waals surface area contributed by atoms with E-state index < -0.39 is 0 Å². The van der Waals surface area contributed by atoms with Crippen LogP contribution in [0.5, 0.6) is 0 Å². The molecule has 2 aromatic heterocycles. The van der Waals surface area contributed by atoms with Crippen LogP contribution in [0.2, 0.25) is 0 Å². The second-order valence-electron chi connectivity index (χ2n) is 7.06. The first kappa shape index (κ1) is 18.1. The highest BCUT2D eigenvalue weighted by atomic mass is 16.2. The fraction of sp³-hybridized carbons (Fsp3) is 0.273. The van der Waals surface area contributed by atoms with Gasteiger partial charge in [-0.15, -0.1) is 0 Å². The summed E-state index contributed by atoms with van der Waals surface area (Å²) in [7, 11) is 0. The van der Waals surface area contributed by atoms with E-state index in [-0.39, 0.29) is 5.91 Å². The lowest BCUT2D eigenvalue weighted by Gasteiger charge is -2.29. The van der Waals surface area contributed by atoms with Crippen LogP contribution in [-0.2, 0) is 13.0 Å². The first-order chi connectivity index (χ1) is 13.7. The Morgan fingerprint density at radius 3 is 2.82 bits per heavy atom. The number of nitrogens with zero attached hydrogens (tertiary/aromatic N) is 4. The van der Waals surface area contributed by atoms with Crippen LogP contribution >= 0.6 is 0 Å². The minimum atomic E-state index is -0.00966. The summed E-state index contributed by atoms with van der Waals surface area (Å²) < 4.78 is 0. The van der Waals surface area contributed by atoms with Gasteiger partial charge in [-0.25, -0.2) is 9.97 Å². The van der Waals surface area contributed by atoms with Crippen LogP contribution in [0, 0.1) is 0 Å². The summed E-state index contributed by atoms with van der Waals surface area (Å²) in [5, 5.41) is 3.48. The molecule has 1 aliphatic heterocycles. The lowest BCUT2D eigenvalue weighted by molar-refractivity contribution is 0.0731. The molecule has 0 saturated heterocycles. The zero-order valence-electron chi connectivity index (χ0n) is 15.9. The topological polar surface area (TPSA) is 71.0 Å². The van der Waals surface area contributed by atoms with E-state index in [0.29, 0.717) is 24.6 Å². The van der Waals surface area contributed by atoms with Crippen LogP contribution in [0.1, 0.15) is 40.0 Å². The molecule has 1 aliphatic rings. The summed E-state index contributed by atoms with van der Waals surface area (Å²) in [4.78, 5) is 27.4. The molecule has 0 aliphatic carbocycles. The third-order valence-corrected chi connectivity index (χ3v) is 5.15. The van der Waals surface area contributed by atoms with Crippen LogP contribution in [0.3, 0.4) is 0 Å². The van der Waals surface area contributed by atoms with Gasteiger partial charge in [-0.1, -0.05) is 37.3 Å². The number of rotatable bonds is 5. The monoisotopic (exact) mass is 373 g/mol. The Balaban J connectivity index is 1.45. The Labute approximate surface area is 164 Å². The predicted molar refractivity (Wildman–Crippen MR) is 108 cm³/mol. The van der Waals surface area contributed by atoms with Gasteiger partial charge >= 0.3 is 0 Å². The van der Waals surface area contributed by atoms with Crippen molar-refractivity contribution in [2.75, 3.05) is 18.4 Å². The molecule has 6 nitrogen and oxygen atoms in total. The van der Waals surface area contributed by atoms with E-state index in [9.17, 15) is 4.79 Å². The molecule has 3 heterocycles. The van der Waals surface area contributed by atoms with E-state index in [1.807, 2.05) is 11.0 Å². The number of benzene rings is 1. The predicted octanol–water partition coefficient (Wildman–Crippen LogP) is 3.29. The fourth-order valence-electron chi connectivity index (χ4n) is 3.50. The SMILES string of the molecule is C[C@@H](CNc1ncnc2c1CCN(C(=O)c1cccnc1)C2)c1ccccc1. The van der Waals surface area contributed by atoms with Gasteiger partial charge in [0.15, 0.2) is 0 Å². The van der Waals surface area contributed by atoms with Crippen molar-refractivity contribution in [2.45, 2.75) is 25.8 Å². The summed E-state index contributed by atoms with van der Waals surface area (Å²) in [6.07, 6.45) is 5.59. The highest BCUT2D eigenvalue weighted by Gasteiger charge is 2.25. The Hall–Kier alpha value is -3.28. The number of carbonyl (C=O) groups is 1. The van der Waals surface area contributed by atoms with Crippen molar-refractivity contribution in [3.05, 3.63) is 83.6 Å². The summed E-state index contributed by atoms with van der Waals surface area (Å²) in [6.45, 7) is 4.14. The number of hydrogen-bond donors (Lipinski definition) is 1. The van der Waals surface area contributed by atoms with Crippen molar-refractivity contribution in [1.29, 1.82) is 0 Å². The fourth-order valence-corrected chi connectivity index (χ4v) is 3.50. The van der Waals surface area contributed by atoms with Crippen molar-refractivity contribution < 1.29 is 4.79 Å². The molecule has 0 radical (unpaired) electrons. The molecule has 4 rings (SSSR count). The third kappa shape index (κ3) is 3.86. The Morgan fingerprint density at radius 1 is 1.18 bits per heavy atom. The summed E-state index contributed by atoms with van der Waals surface area (Å²) in [6, 6.07) is 14.0. The molecule has 3 aromatic rings. The van der Waals surface area contributed by atoms with Gasteiger partial charge < -0.3 is 10.2 Å². The molecule has 1 aromatic carbocycles. The van der Waals surface area contributed by atoms with Crippen molar-refractivity contribution >= 4 is 11.7 Å². The van der Waals surface area contributed by atoms with Crippen LogP contribution < -0.4 is 5.32 Å². The first-order valence-electron chi connectivity index (χ1n) is 9.53. The molecule has 0 saturated carbocycles. The van der Waals surface area contributed by atoms with Gasteiger partial charge in [-0.05, 0) is 30.0 Å². The smallest absolute Gasteiger partial charge is 0.255 e. The molecule has 6 heteroatoms. The second kappa shape index (κ2) is 8.17. The number of fused-ring (bicyclic) bond motifs is 1. The van der Waals surface area contributed by atoms with Crippen LogP contribution in [-0.4, -0.2) is 38.8 Å². The molecule has 1 amide bonds. The van der Waals surface area contributed by atoms with Crippen LogP contribution in [0.15, 0.2) is 61.2 Å². The van der Waals surface area contributed by atoms with Crippen molar-refractivity contribution in [1.82, 2.24) is 19.9 Å². The van der Waals surface area contributed by atoms with Crippen molar-refractivity contribution in [3.8, 4) is 0 Å². The quantitative estimate of drug-likeness (QED) is 0.743. The minimum absolute atomic E-state index is 0.00966. The van der Waals surface area contributed by atoms with E-state index in [0.717, 1.165) is 30.0 Å². The number of hydrogen-bond acceptors (Lipinski definition) is 5. The number of aromatic nitrogens is 3. The largest absolute Gasteiger partial charge is 0.369 e. The number of anilines is 1. The average Bonchev–Trinajstić information content (AvgIpc) is 2.77. The van der Waals surface area contributed by atoms with Crippen LogP contribution in [0.4, 0.5) is 5.82 Å². The standard InChI is InChI=1S/C22H23N5O/c1-16(17-6-3-2-4-7-17)12-24-21-19-9-11-27(14-20(19)25-15-26-21)22(28)18-8-5-10-23-13-18/h2-8,10,13,15-16H,9,11-12,14H2,1H3,(H,24,25,26)/t16-/m0/s1. The molecule has 142 valence electrons. The Morgan fingerprint density at radius 2 is 2.04 bits per heavy atom. The molecule has 0 fully saturated rings. The van der Waals surface area contributed by atoms with Crippen molar-refractivity contribution in [3.63, 3.8) is 0 Å². The van der Waals surface area contributed by atoms with Gasteiger partial charge in [-0.3, -0.25) is 9.78 Å². The Bertz CT molecular complexity index is 946. The number of nitrogens with one attached hydrogen (secondary N) is 1. The zero-order valence-corrected chi connectivity index (χ0v) is 15.9. The highest BCUT2D eigenvalue weighted by Crippen LogP contribution is 2.24. The maximum atomic E-state index is 12.7.